The van der Waals surface area contributed by atoms with Gasteiger partial charge in [0.05, 0.1) is 5.56 Å². The van der Waals surface area contributed by atoms with Crippen molar-refractivity contribution in [3.8, 4) is 5.75 Å². The molecule has 0 aliphatic carbocycles. The number of imide groups is 1. The lowest BCUT2D eigenvalue weighted by Crippen LogP contribution is -2.49. The maximum absolute atomic E-state index is 12.9. The van der Waals surface area contributed by atoms with Crippen LogP contribution in [0.15, 0.2) is 18.2 Å². The third-order valence-electron chi connectivity index (χ3n) is 4.07. The number of benzene rings is 1. The Balaban J connectivity index is 1.97. The van der Waals surface area contributed by atoms with E-state index in [0.29, 0.717) is 12.0 Å². The molecule has 0 spiro atoms. The number of rotatable bonds is 0. The molecule has 0 bridgehead atoms. The molecule has 3 rings (SSSR count). The van der Waals surface area contributed by atoms with Gasteiger partial charge >= 0.3 is 12.3 Å². The molecule has 2 amide bonds. The number of halogens is 3. The lowest BCUT2D eigenvalue weighted by Gasteiger charge is -2.35. The molecule has 0 N–H and O–H groups in total. The van der Waals surface area contributed by atoms with Crippen LogP contribution in [0.3, 0.4) is 0 Å². The van der Waals surface area contributed by atoms with Crippen molar-refractivity contribution in [2.24, 2.45) is 0 Å². The van der Waals surface area contributed by atoms with Crippen LogP contribution in [0, 0.1) is 0 Å². The number of piperidine rings is 1. The molecule has 5 nitrogen and oxygen atoms in total. The number of hydrogen-bond acceptors (Lipinski definition) is 4. The van der Waals surface area contributed by atoms with E-state index in [2.05, 4.69) is 0 Å². The van der Waals surface area contributed by atoms with Crippen molar-refractivity contribution in [3.63, 3.8) is 0 Å². The molecule has 0 aromatic heterocycles. The van der Waals surface area contributed by atoms with Gasteiger partial charge in [-0.15, -0.1) is 0 Å². The normalized spacial score (nSPS) is 23.0. The highest BCUT2D eigenvalue weighted by Crippen LogP contribution is 2.47. The zero-order chi connectivity index (χ0) is 18.6. The SMILES string of the molecule is CC(C)(C)OC(=O)N1C(=O)CC[C@@H]2Oc3cc(C(F)(F)F)ccc3[C@@H]21. The highest BCUT2D eigenvalue weighted by Gasteiger charge is 2.48. The lowest BCUT2D eigenvalue weighted by molar-refractivity contribution is -0.138. The van der Waals surface area contributed by atoms with Crippen LogP contribution >= 0.6 is 0 Å². The molecule has 1 fully saturated rings. The van der Waals surface area contributed by atoms with Crippen LogP contribution in [0.4, 0.5) is 18.0 Å². The summed E-state index contributed by atoms with van der Waals surface area (Å²) in [4.78, 5) is 25.7. The molecule has 25 heavy (non-hydrogen) atoms. The first kappa shape index (κ1) is 17.6. The van der Waals surface area contributed by atoms with Crippen LogP contribution in [0.25, 0.3) is 0 Å². The molecule has 2 atom stereocenters. The number of alkyl halides is 3. The summed E-state index contributed by atoms with van der Waals surface area (Å²) < 4.78 is 49.5. The van der Waals surface area contributed by atoms with E-state index in [1.54, 1.807) is 20.8 Å². The number of ether oxygens (including phenoxy) is 2. The van der Waals surface area contributed by atoms with E-state index in [9.17, 15) is 22.8 Å². The molecule has 2 aliphatic heterocycles. The van der Waals surface area contributed by atoms with Gasteiger partial charge in [-0.3, -0.25) is 4.79 Å². The van der Waals surface area contributed by atoms with E-state index in [1.165, 1.54) is 6.07 Å². The van der Waals surface area contributed by atoms with Gasteiger partial charge in [0.2, 0.25) is 5.91 Å². The predicted octanol–water partition coefficient (Wildman–Crippen LogP) is 4.07. The van der Waals surface area contributed by atoms with Gasteiger partial charge < -0.3 is 9.47 Å². The third-order valence-corrected chi connectivity index (χ3v) is 4.07. The maximum atomic E-state index is 12.9. The predicted molar refractivity (Wildman–Crippen MR) is 80.9 cm³/mol. The minimum absolute atomic E-state index is 0.0492. The quantitative estimate of drug-likeness (QED) is 0.702. The van der Waals surface area contributed by atoms with Gasteiger partial charge in [0.15, 0.2) is 0 Å². The molecule has 2 heterocycles. The number of hydrogen-bond donors (Lipinski definition) is 0. The van der Waals surface area contributed by atoms with E-state index in [1.807, 2.05) is 0 Å². The Labute approximate surface area is 142 Å². The van der Waals surface area contributed by atoms with Crippen LogP contribution in [0.5, 0.6) is 5.75 Å². The zero-order valence-electron chi connectivity index (χ0n) is 14.0. The second-order valence-corrected chi connectivity index (χ2v) is 7.13. The van der Waals surface area contributed by atoms with Crippen molar-refractivity contribution in [1.82, 2.24) is 4.90 Å². The average molecular weight is 357 g/mol. The number of amides is 2. The van der Waals surface area contributed by atoms with Crippen LogP contribution in [-0.4, -0.2) is 28.6 Å². The fourth-order valence-corrected chi connectivity index (χ4v) is 3.07. The van der Waals surface area contributed by atoms with E-state index in [4.69, 9.17) is 9.47 Å². The number of fused-ring (bicyclic) bond motifs is 3. The maximum Gasteiger partial charge on any atom is 0.417 e. The van der Waals surface area contributed by atoms with Crippen LogP contribution in [0.2, 0.25) is 0 Å². The second-order valence-electron chi connectivity index (χ2n) is 7.13. The van der Waals surface area contributed by atoms with Crippen molar-refractivity contribution < 1.29 is 32.2 Å². The topological polar surface area (TPSA) is 55.8 Å². The van der Waals surface area contributed by atoms with E-state index in [-0.39, 0.29) is 12.2 Å². The molecule has 1 aromatic rings. The van der Waals surface area contributed by atoms with E-state index >= 15 is 0 Å². The first-order valence-electron chi connectivity index (χ1n) is 7.90. The number of nitrogens with zero attached hydrogens (tertiary/aromatic N) is 1. The van der Waals surface area contributed by atoms with Crippen molar-refractivity contribution >= 4 is 12.0 Å². The molecular weight excluding hydrogens is 339 g/mol. The third kappa shape index (κ3) is 3.29. The second kappa shape index (κ2) is 5.64. The highest BCUT2D eigenvalue weighted by molar-refractivity contribution is 5.93. The van der Waals surface area contributed by atoms with Gasteiger partial charge in [-0.1, -0.05) is 6.07 Å². The Morgan fingerprint density at radius 2 is 1.96 bits per heavy atom. The highest BCUT2D eigenvalue weighted by atomic mass is 19.4. The molecule has 1 aromatic carbocycles. The summed E-state index contributed by atoms with van der Waals surface area (Å²) in [5, 5.41) is 0. The van der Waals surface area contributed by atoms with Gasteiger partial charge in [0.1, 0.15) is 23.5 Å². The summed E-state index contributed by atoms with van der Waals surface area (Å²) >= 11 is 0. The Morgan fingerprint density at radius 1 is 1.28 bits per heavy atom. The standard InChI is InChI=1S/C17H18F3NO4/c1-16(2,3)25-15(23)21-13(22)7-6-11-14(21)10-5-4-9(17(18,19)20)8-12(10)24-11/h4-5,8,11,14H,6-7H2,1-3H3/t11-,14-/m0/s1. The summed E-state index contributed by atoms with van der Waals surface area (Å²) in [5.41, 5.74) is -1.25. The molecule has 2 aliphatic rings. The van der Waals surface area contributed by atoms with Crippen molar-refractivity contribution in [2.45, 2.75) is 57.5 Å². The first-order valence-corrected chi connectivity index (χ1v) is 7.90. The molecule has 8 heteroatoms. The minimum atomic E-state index is -4.49. The Morgan fingerprint density at radius 3 is 2.56 bits per heavy atom. The number of likely N-dealkylation sites (tertiary alicyclic amines) is 1. The lowest BCUT2D eigenvalue weighted by atomic mass is 9.94. The smallest absolute Gasteiger partial charge is 0.417 e. The molecule has 1 saturated heterocycles. The largest absolute Gasteiger partial charge is 0.487 e. The summed E-state index contributed by atoms with van der Waals surface area (Å²) in [6, 6.07) is 2.33. The number of carbonyl (C=O) groups is 2. The van der Waals surface area contributed by atoms with Gasteiger partial charge in [-0.05, 0) is 39.3 Å². The van der Waals surface area contributed by atoms with E-state index in [0.717, 1.165) is 17.0 Å². The van der Waals surface area contributed by atoms with Gasteiger partial charge in [-0.2, -0.15) is 13.2 Å². The van der Waals surface area contributed by atoms with Gasteiger partial charge in [0, 0.05) is 12.0 Å². The fourth-order valence-electron chi connectivity index (χ4n) is 3.07. The average Bonchev–Trinajstić information content (AvgIpc) is 2.82. The van der Waals surface area contributed by atoms with Crippen molar-refractivity contribution in [3.05, 3.63) is 29.3 Å². The summed E-state index contributed by atoms with van der Waals surface area (Å²) in [6.07, 6.45) is -5.47. The molecular formula is C17H18F3NO4. The van der Waals surface area contributed by atoms with Crippen molar-refractivity contribution in [2.75, 3.05) is 0 Å². The number of carbonyl (C=O) groups excluding carboxylic acids is 2. The van der Waals surface area contributed by atoms with Crippen LogP contribution in [0.1, 0.15) is 50.8 Å². The van der Waals surface area contributed by atoms with E-state index < -0.39 is 41.5 Å². The Kier molecular flexibility index (Phi) is 3.96. The Bertz CT molecular complexity index is 724. The monoisotopic (exact) mass is 357 g/mol. The van der Waals surface area contributed by atoms with Crippen LogP contribution in [-0.2, 0) is 15.7 Å². The summed E-state index contributed by atoms with van der Waals surface area (Å²) in [5.74, 6) is -0.375. The molecule has 0 saturated carbocycles. The fraction of sp³-hybridized carbons (Fsp3) is 0.529. The summed E-state index contributed by atoms with van der Waals surface area (Å²) in [6.45, 7) is 5.02. The summed E-state index contributed by atoms with van der Waals surface area (Å²) in [7, 11) is 0. The first-order chi connectivity index (χ1) is 11.5. The van der Waals surface area contributed by atoms with Crippen molar-refractivity contribution in [1.29, 1.82) is 0 Å². The zero-order valence-corrected chi connectivity index (χ0v) is 14.0. The van der Waals surface area contributed by atoms with Gasteiger partial charge in [-0.25, -0.2) is 9.69 Å². The minimum Gasteiger partial charge on any atom is -0.487 e. The van der Waals surface area contributed by atoms with Gasteiger partial charge in [0.25, 0.3) is 0 Å². The molecule has 136 valence electrons. The Hall–Kier alpha value is -2.25. The van der Waals surface area contributed by atoms with Crippen LogP contribution < -0.4 is 4.74 Å². The molecule has 0 radical (unpaired) electrons. The molecule has 0 unspecified atom stereocenters.